The van der Waals surface area contributed by atoms with Gasteiger partial charge in [-0.15, -0.1) is 10.2 Å². The Bertz CT molecular complexity index is 809. The number of anilines is 4. The third-order valence-corrected chi connectivity index (χ3v) is 6.30. The van der Waals surface area contributed by atoms with Crippen molar-refractivity contribution >= 4 is 39.7 Å². The predicted octanol–water partition coefficient (Wildman–Crippen LogP) is 4.53. The molecule has 1 amide bonds. The van der Waals surface area contributed by atoms with Gasteiger partial charge in [0.15, 0.2) is 11.6 Å². The molecule has 3 rings (SSSR count). The first-order chi connectivity index (χ1) is 13.6. The van der Waals surface area contributed by atoms with E-state index in [-0.39, 0.29) is 17.9 Å². The van der Waals surface area contributed by atoms with Gasteiger partial charge in [0, 0.05) is 5.92 Å². The minimum atomic E-state index is -0.294. The van der Waals surface area contributed by atoms with E-state index in [1.807, 2.05) is 6.92 Å². The molecule has 28 heavy (non-hydrogen) atoms. The van der Waals surface area contributed by atoms with Crippen LogP contribution in [0.1, 0.15) is 70.7 Å². The minimum absolute atomic E-state index is 0.0664. The highest BCUT2D eigenvalue weighted by molar-refractivity contribution is 7.15. The maximum Gasteiger partial charge on any atom is 0.247 e. The summed E-state index contributed by atoms with van der Waals surface area (Å²) in [5, 5.41) is 19.8. The fourth-order valence-corrected chi connectivity index (χ4v) is 4.22. The first-order valence-electron chi connectivity index (χ1n) is 10.1. The molecule has 8 nitrogen and oxygen atoms in total. The van der Waals surface area contributed by atoms with E-state index in [1.54, 1.807) is 11.3 Å². The quantitative estimate of drug-likeness (QED) is 0.565. The average Bonchev–Trinajstić information content (AvgIpc) is 3.16. The highest BCUT2D eigenvalue weighted by Crippen LogP contribution is 2.36. The second-order valence-corrected chi connectivity index (χ2v) is 8.27. The number of hydrogen-bond acceptors (Lipinski definition) is 8. The van der Waals surface area contributed by atoms with Gasteiger partial charge < -0.3 is 16.0 Å². The van der Waals surface area contributed by atoms with Crippen molar-refractivity contribution in [1.29, 1.82) is 0 Å². The molecule has 0 aliphatic carbocycles. The van der Waals surface area contributed by atoms with Crippen LogP contribution >= 0.6 is 11.3 Å². The van der Waals surface area contributed by atoms with Crippen LogP contribution in [0.4, 0.5) is 22.5 Å². The van der Waals surface area contributed by atoms with Crippen LogP contribution < -0.4 is 16.0 Å². The van der Waals surface area contributed by atoms with Crippen LogP contribution in [0.2, 0.25) is 0 Å². The van der Waals surface area contributed by atoms with Gasteiger partial charge in [-0.3, -0.25) is 4.79 Å². The van der Waals surface area contributed by atoms with Gasteiger partial charge >= 0.3 is 0 Å². The number of unbranched alkanes of at least 4 members (excludes halogenated alkanes) is 1. The van der Waals surface area contributed by atoms with E-state index in [4.69, 9.17) is 0 Å². The van der Waals surface area contributed by atoms with Gasteiger partial charge in [0.1, 0.15) is 23.1 Å². The van der Waals surface area contributed by atoms with Crippen LogP contribution in [0.3, 0.4) is 0 Å². The summed E-state index contributed by atoms with van der Waals surface area (Å²) in [6.07, 6.45) is 6.93. The highest BCUT2D eigenvalue weighted by Gasteiger charge is 2.32. The van der Waals surface area contributed by atoms with Crippen LogP contribution in [0.15, 0.2) is 6.33 Å². The molecule has 3 heterocycles. The van der Waals surface area contributed by atoms with E-state index in [0.29, 0.717) is 28.4 Å². The molecular weight excluding hydrogens is 374 g/mol. The summed E-state index contributed by atoms with van der Waals surface area (Å²) in [6, 6.07) is -0.294. The third kappa shape index (κ3) is 4.40. The molecule has 0 radical (unpaired) electrons. The normalized spacial score (nSPS) is 18.0. The van der Waals surface area contributed by atoms with Gasteiger partial charge in [-0.05, 0) is 18.8 Å². The Morgan fingerprint density at radius 1 is 1.21 bits per heavy atom. The second kappa shape index (κ2) is 9.27. The highest BCUT2D eigenvalue weighted by atomic mass is 32.1. The number of fused-ring (bicyclic) bond motifs is 1. The molecule has 0 spiro atoms. The first kappa shape index (κ1) is 20.4. The molecule has 0 aromatic carbocycles. The van der Waals surface area contributed by atoms with E-state index < -0.39 is 0 Å². The van der Waals surface area contributed by atoms with E-state index in [9.17, 15) is 4.79 Å². The number of aromatic nitrogens is 4. The second-order valence-electron chi connectivity index (χ2n) is 7.26. The van der Waals surface area contributed by atoms with Crippen LogP contribution in [-0.4, -0.2) is 32.1 Å². The molecule has 3 N–H and O–H groups in total. The summed E-state index contributed by atoms with van der Waals surface area (Å²) < 4.78 is 0. The van der Waals surface area contributed by atoms with Crippen molar-refractivity contribution in [3.8, 4) is 0 Å². The lowest BCUT2D eigenvalue weighted by atomic mass is 9.97. The number of carbonyl (C=O) groups is 1. The average molecular weight is 404 g/mol. The lowest BCUT2D eigenvalue weighted by molar-refractivity contribution is -0.118. The number of hydrogen-bond donors (Lipinski definition) is 3. The van der Waals surface area contributed by atoms with Crippen molar-refractivity contribution in [1.82, 2.24) is 20.2 Å². The van der Waals surface area contributed by atoms with E-state index in [0.717, 1.165) is 24.3 Å². The zero-order valence-corrected chi connectivity index (χ0v) is 17.8. The Labute approximate surface area is 170 Å². The largest absolute Gasteiger partial charge is 0.356 e. The monoisotopic (exact) mass is 403 g/mol. The van der Waals surface area contributed by atoms with Gasteiger partial charge in [0.05, 0.1) is 0 Å². The molecule has 3 unspecified atom stereocenters. The zero-order valence-electron chi connectivity index (χ0n) is 17.0. The van der Waals surface area contributed by atoms with E-state index >= 15 is 0 Å². The standard InChI is InChI=1S/C19H29N7OS/c1-5-8-9-12(7-3)18-25-26-19(28-18)24-16-14-15(20-10-21-16)22-13(11(4)6-2)17(27)23-14/h10-13H,5-9H2,1-4H3,(H,23,27)(H2,20,21,22,24,26). The van der Waals surface area contributed by atoms with E-state index in [1.165, 1.54) is 19.2 Å². The summed E-state index contributed by atoms with van der Waals surface area (Å²) in [6.45, 7) is 8.50. The van der Waals surface area contributed by atoms with Gasteiger partial charge in [-0.1, -0.05) is 58.3 Å². The molecular formula is C19H29N7OS. The summed E-state index contributed by atoms with van der Waals surface area (Å²) in [7, 11) is 0. The molecule has 2 aromatic rings. The van der Waals surface area contributed by atoms with Crippen molar-refractivity contribution in [3.63, 3.8) is 0 Å². The van der Waals surface area contributed by atoms with Gasteiger partial charge in [0.2, 0.25) is 11.0 Å². The Balaban J connectivity index is 1.77. The lowest BCUT2D eigenvalue weighted by Gasteiger charge is -2.30. The molecule has 0 saturated heterocycles. The van der Waals surface area contributed by atoms with Crippen LogP contribution in [-0.2, 0) is 4.79 Å². The van der Waals surface area contributed by atoms with Gasteiger partial charge in [-0.2, -0.15) is 0 Å². The van der Waals surface area contributed by atoms with Crippen molar-refractivity contribution < 1.29 is 4.79 Å². The predicted molar refractivity (Wildman–Crippen MR) is 113 cm³/mol. The number of rotatable bonds is 9. The number of nitrogens with zero attached hydrogens (tertiary/aromatic N) is 4. The maximum absolute atomic E-state index is 12.5. The molecule has 9 heteroatoms. The first-order valence-corrected chi connectivity index (χ1v) is 10.9. The molecule has 1 aliphatic heterocycles. The smallest absolute Gasteiger partial charge is 0.247 e. The number of amides is 1. The third-order valence-electron chi connectivity index (χ3n) is 5.30. The summed E-state index contributed by atoms with van der Waals surface area (Å²) in [5.41, 5.74) is 0.557. The van der Waals surface area contributed by atoms with Crippen molar-refractivity contribution in [2.24, 2.45) is 5.92 Å². The van der Waals surface area contributed by atoms with Gasteiger partial charge in [0.25, 0.3) is 0 Å². The molecule has 0 fully saturated rings. The van der Waals surface area contributed by atoms with Crippen molar-refractivity contribution in [3.05, 3.63) is 11.3 Å². The van der Waals surface area contributed by atoms with E-state index in [2.05, 4.69) is 56.9 Å². The molecule has 3 atom stereocenters. The topological polar surface area (TPSA) is 105 Å². The molecule has 1 aliphatic rings. The Morgan fingerprint density at radius 3 is 2.75 bits per heavy atom. The molecule has 0 saturated carbocycles. The van der Waals surface area contributed by atoms with Crippen molar-refractivity contribution in [2.75, 3.05) is 16.0 Å². The van der Waals surface area contributed by atoms with Crippen LogP contribution in [0.5, 0.6) is 0 Å². The Morgan fingerprint density at radius 2 is 2.04 bits per heavy atom. The summed E-state index contributed by atoms with van der Waals surface area (Å²) in [5.74, 6) is 1.73. The van der Waals surface area contributed by atoms with Crippen LogP contribution in [0.25, 0.3) is 0 Å². The fourth-order valence-electron chi connectivity index (χ4n) is 3.26. The number of nitrogens with one attached hydrogen (secondary N) is 3. The SMILES string of the molecule is CCCCC(CC)c1nnc(Nc2ncnc3c2NC(=O)C(C(C)CC)N3)s1. The fraction of sp³-hybridized carbons (Fsp3) is 0.632. The molecule has 2 aromatic heterocycles. The zero-order chi connectivity index (χ0) is 20.1. The van der Waals surface area contributed by atoms with Crippen LogP contribution in [0, 0.1) is 5.92 Å². The summed E-state index contributed by atoms with van der Waals surface area (Å²) in [4.78, 5) is 21.1. The number of carbonyl (C=O) groups excluding carboxylic acids is 1. The minimum Gasteiger partial charge on any atom is -0.356 e. The lowest BCUT2D eigenvalue weighted by Crippen LogP contribution is -2.43. The van der Waals surface area contributed by atoms with Crippen molar-refractivity contribution in [2.45, 2.75) is 71.8 Å². The van der Waals surface area contributed by atoms with Gasteiger partial charge in [-0.25, -0.2) is 9.97 Å². The Kier molecular flexibility index (Phi) is 6.77. The Hall–Kier alpha value is -2.29. The molecule has 152 valence electrons. The summed E-state index contributed by atoms with van der Waals surface area (Å²) >= 11 is 1.54. The molecule has 0 bridgehead atoms. The maximum atomic E-state index is 12.5.